The molecule has 0 radical (unpaired) electrons. The third kappa shape index (κ3) is 5.98. The van der Waals surface area contributed by atoms with E-state index in [1.54, 1.807) is 6.07 Å². The van der Waals surface area contributed by atoms with Crippen LogP contribution in [0.15, 0.2) is 53.7 Å². The number of carbonyl (C=O) groups excluding carboxylic acids is 1. The van der Waals surface area contributed by atoms with Crippen molar-refractivity contribution in [3.8, 4) is 0 Å². The number of amides is 1. The number of alkyl halides is 2. The monoisotopic (exact) mass is 393 g/mol. The summed E-state index contributed by atoms with van der Waals surface area (Å²) in [6.07, 6.45) is 1.25. The fourth-order valence-electron chi connectivity index (χ4n) is 2.93. The summed E-state index contributed by atoms with van der Waals surface area (Å²) in [5.74, 6) is -3.05. The maximum atomic E-state index is 12.6. The van der Waals surface area contributed by atoms with E-state index < -0.39 is 11.7 Å². The largest absolute Gasteiger partial charge is 0.374 e. The Kier molecular flexibility index (Phi) is 7.14. The SMILES string of the molecule is O=C(NCC1CN(Cc2ccccc2)CCO1)c1cccnc1SC(F)F. The molecule has 8 heteroatoms. The first-order valence-electron chi connectivity index (χ1n) is 8.67. The molecule has 1 amide bonds. The van der Waals surface area contributed by atoms with Gasteiger partial charge in [0, 0.05) is 32.4 Å². The Labute approximate surface area is 161 Å². The molecule has 2 heterocycles. The highest BCUT2D eigenvalue weighted by Crippen LogP contribution is 2.26. The molecule has 3 rings (SSSR count). The Morgan fingerprint density at radius 2 is 2.11 bits per heavy atom. The maximum absolute atomic E-state index is 12.6. The number of aromatic nitrogens is 1. The lowest BCUT2D eigenvalue weighted by Gasteiger charge is -2.33. The van der Waals surface area contributed by atoms with Crippen molar-refractivity contribution in [2.75, 3.05) is 26.2 Å². The minimum absolute atomic E-state index is 0.0280. The van der Waals surface area contributed by atoms with Gasteiger partial charge in [-0.1, -0.05) is 30.3 Å². The molecule has 5 nitrogen and oxygen atoms in total. The van der Waals surface area contributed by atoms with Gasteiger partial charge in [-0.2, -0.15) is 8.78 Å². The van der Waals surface area contributed by atoms with Crippen molar-refractivity contribution >= 4 is 17.7 Å². The molecule has 1 unspecified atom stereocenters. The average Bonchev–Trinajstić information content (AvgIpc) is 2.67. The van der Waals surface area contributed by atoms with E-state index in [1.165, 1.54) is 17.8 Å². The summed E-state index contributed by atoms with van der Waals surface area (Å²) >= 11 is 0.272. The number of nitrogens with one attached hydrogen (secondary N) is 1. The maximum Gasteiger partial charge on any atom is 0.290 e. The van der Waals surface area contributed by atoms with Gasteiger partial charge in [0.05, 0.1) is 18.3 Å². The molecule has 0 spiro atoms. The molecule has 0 bridgehead atoms. The van der Waals surface area contributed by atoms with Gasteiger partial charge >= 0.3 is 0 Å². The van der Waals surface area contributed by atoms with E-state index in [1.807, 2.05) is 18.2 Å². The lowest BCUT2D eigenvalue weighted by molar-refractivity contribution is -0.0292. The van der Waals surface area contributed by atoms with Crippen molar-refractivity contribution in [1.82, 2.24) is 15.2 Å². The number of thioether (sulfide) groups is 1. The second-order valence-electron chi connectivity index (χ2n) is 6.16. The Morgan fingerprint density at radius 1 is 1.30 bits per heavy atom. The van der Waals surface area contributed by atoms with Crippen LogP contribution in [0.5, 0.6) is 0 Å². The van der Waals surface area contributed by atoms with Gasteiger partial charge < -0.3 is 10.1 Å². The van der Waals surface area contributed by atoms with E-state index in [4.69, 9.17) is 4.74 Å². The summed E-state index contributed by atoms with van der Waals surface area (Å²) < 4.78 is 31.0. The molecule has 1 aromatic carbocycles. The first kappa shape index (κ1) is 19.7. The van der Waals surface area contributed by atoms with Gasteiger partial charge in [-0.25, -0.2) is 4.98 Å². The normalized spacial score (nSPS) is 17.8. The molecule has 1 aromatic heterocycles. The van der Waals surface area contributed by atoms with Crippen LogP contribution >= 0.6 is 11.8 Å². The van der Waals surface area contributed by atoms with Gasteiger partial charge in [0.1, 0.15) is 5.03 Å². The Bertz CT molecular complexity index is 749. The Balaban J connectivity index is 1.53. The number of pyridine rings is 1. The number of ether oxygens (including phenoxy) is 1. The van der Waals surface area contributed by atoms with Gasteiger partial charge in [-0.15, -0.1) is 0 Å². The average molecular weight is 393 g/mol. The van der Waals surface area contributed by atoms with Crippen LogP contribution in [-0.4, -0.2) is 53.9 Å². The van der Waals surface area contributed by atoms with Crippen LogP contribution in [0.2, 0.25) is 0 Å². The first-order chi connectivity index (χ1) is 13.1. The van der Waals surface area contributed by atoms with Gasteiger partial charge in [-0.05, 0) is 29.5 Å². The predicted octanol–water partition coefficient (Wildman–Crippen LogP) is 3.03. The highest BCUT2D eigenvalue weighted by Gasteiger charge is 2.22. The van der Waals surface area contributed by atoms with Gasteiger partial charge in [0.2, 0.25) is 0 Å². The Morgan fingerprint density at radius 3 is 2.89 bits per heavy atom. The number of hydrogen-bond donors (Lipinski definition) is 1. The molecule has 2 aromatic rings. The van der Waals surface area contributed by atoms with Crippen LogP contribution in [0.25, 0.3) is 0 Å². The summed E-state index contributed by atoms with van der Waals surface area (Å²) in [6.45, 7) is 3.26. The van der Waals surface area contributed by atoms with Crippen LogP contribution in [0.4, 0.5) is 8.78 Å². The third-order valence-corrected chi connectivity index (χ3v) is 4.91. The number of benzene rings is 1. The molecular formula is C19H21F2N3O2S. The van der Waals surface area contributed by atoms with E-state index in [9.17, 15) is 13.6 Å². The summed E-state index contributed by atoms with van der Waals surface area (Å²) in [4.78, 5) is 18.5. The van der Waals surface area contributed by atoms with Gasteiger partial charge in [0.15, 0.2) is 0 Å². The van der Waals surface area contributed by atoms with E-state index >= 15 is 0 Å². The van der Waals surface area contributed by atoms with Crippen LogP contribution in [-0.2, 0) is 11.3 Å². The van der Waals surface area contributed by atoms with Crippen LogP contribution in [0.3, 0.4) is 0 Å². The quantitative estimate of drug-likeness (QED) is 0.733. The zero-order chi connectivity index (χ0) is 19.1. The van der Waals surface area contributed by atoms with Crippen molar-refractivity contribution < 1.29 is 18.3 Å². The molecule has 1 fully saturated rings. The summed E-state index contributed by atoms with van der Waals surface area (Å²) in [5.41, 5.74) is 1.38. The fraction of sp³-hybridized carbons (Fsp3) is 0.368. The highest BCUT2D eigenvalue weighted by molar-refractivity contribution is 7.99. The number of carbonyl (C=O) groups is 1. The zero-order valence-corrected chi connectivity index (χ0v) is 15.5. The minimum Gasteiger partial charge on any atom is -0.374 e. The van der Waals surface area contributed by atoms with Crippen molar-refractivity contribution in [2.45, 2.75) is 23.4 Å². The van der Waals surface area contributed by atoms with Crippen molar-refractivity contribution in [3.63, 3.8) is 0 Å². The molecule has 0 saturated carbocycles. The van der Waals surface area contributed by atoms with E-state index in [2.05, 4.69) is 27.3 Å². The van der Waals surface area contributed by atoms with Crippen LogP contribution < -0.4 is 5.32 Å². The van der Waals surface area contributed by atoms with Crippen LogP contribution in [0, 0.1) is 0 Å². The number of rotatable bonds is 7. The van der Waals surface area contributed by atoms with E-state index in [-0.39, 0.29) is 28.5 Å². The molecule has 0 aliphatic carbocycles. The predicted molar refractivity (Wildman–Crippen MR) is 99.9 cm³/mol. The highest BCUT2D eigenvalue weighted by atomic mass is 32.2. The number of nitrogens with zero attached hydrogens (tertiary/aromatic N) is 2. The zero-order valence-electron chi connectivity index (χ0n) is 14.7. The van der Waals surface area contributed by atoms with Crippen molar-refractivity contribution in [1.29, 1.82) is 0 Å². The second kappa shape index (κ2) is 9.77. The molecule has 1 saturated heterocycles. The summed E-state index contributed by atoms with van der Waals surface area (Å²) in [6, 6.07) is 13.2. The lowest BCUT2D eigenvalue weighted by atomic mass is 10.2. The molecule has 1 aliphatic rings. The Hall–Kier alpha value is -2.03. The third-order valence-electron chi connectivity index (χ3n) is 4.18. The number of halogens is 2. The topological polar surface area (TPSA) is 54.5 Å². The summed E-state index contributed by atoms with van der Waals surface area (Å²) in [5, 5.41) is 2.81. The van der Waals surface area contributed by atoms with E-state index in [0.717, 1.165) is 13.1 Å². The van der Waals surface area contributed by atoms with Crippen molar-refractivity contribution in [3.05, 3.63) is 59.8 Å². The van der Waals surface area contributed by atoms with E-state index in [0.29, 0.717) is 19.7 Å². The fourth-order valence-corrected chi connectivity index (χ4v) is 3.51. The van der Waals surface area contributed by atoms with Crippen molar-refractivity contribution in [2.24, 2.45) is 0 Å². The summed E-state index contributed by atoms with van der Waals surface area (Å²) in [7, 11) is 0. The standard InChI is InChI=1S/C19H21F2N3O2S/c20-19(21)27-18-16(7-4-8-22-18)17(25)23-11-15-13-24(9-10-26-15)12-14-5-2-1-3-6-14/h1-8,15,19H,9-13H2,(H,23,25). The minimum atomic E-state index is -2.63. The number of hydrogen-bond acceptors (Lipinski definition) is 5. The molecule has 1 N–H and O–H groups in total. The smallest absolute Gasteiger partial charge is 0.290 e. The van der Waals surface area contributed by atoms with Gasteiger partial charge in [-0.3, -0.25) is 9.69 Å². The molecule has 27 heavy (non-hydrogen) atoms. The molecule has 1 atom stereocenters. The van der Waals surface area contributed by atoms with Crippen LogP contribution in [0.1, 0.15) is 15.9 Å². The lowest BCUT2D eigenvalue weighted by Crippen LogP contribution is -2.47. The number of morpholine rings is 1. The molecule has 144 valence electrons. The van der Waals surface area contributed by atoms with Gasteiger partial charge in [0.25, 0.3) is 11.7 Å². The first-order valence-corrected chi connectivity index (χ1v) is 9.55. The second-order valence-corrected chi connectivity index (χ2v) is 7.14. The molecule has 1 aliphatic heterocycles. The molecular weight excluding hydrogens is 372 g/mol.